The molecule has 1 N–H and O–H groups in total. The second-order valence-corrected chi connectivity index (χ2v) is 7.92. The number of amides is 1. The Kier molecular flexibility index (Phi) is 7.31. The van der Waals surface area contributed by atoms with Crippen molar-refractivity contribution in [2.24, 2.45) is 10.9 Å². The molecule has 28 heavy (non-hydrogen) atoms. The van der Waals surface area contributed by atoms with Gasteiger partial charge in [-0.15, -0.1) is 0 Å². The Morgan fingerprint density at radius 3 is 2.32 bits per heavy atom. The lowest BCUT2D eigenvalue weighted by Crippen LogP contribution is -2.50. The molecule has 0 atom stereocenters. The van der Waals surface area contributed by atoms with Crippen LogP contribution in [0.3, 0.4) is 0 Å². The molecular formula is C22H34N4O2. The summed E-state index contributed by atoms with van der Waals surface area (Å²) in [6, 6.07) is 6.71. The van der Waals surface area contributed by atoms with Crippen molar-refractivity contribution in [3.8, 4) is 0 Å². The lowest BCUT2D eigenvalue weighted by molar-refractivity contribution is -0.140. The molecule has 1 aromatic carbocycles. The number of carbonyl (C=O) groups excluding carboxylic acids is 1. The number of hydrogen-bond acceptors (Lipinski definition) is 3. The molecule has 0 saturated carbocycles. The molecule has 2 fully saturated rings. The van der Waals surface area contributed by atoms with Crippen molar-refractivity contribution in [2.45, 2.75) is 33.1 Å². The fraction of sp³-hybridized carbons (Fsp3) is 0.636. The molecule has 6 heteroatoms. The quantitative estimate of drug-likeness (QED) is 0.635. The number of guanidine groups is 1. The molecule has 154 valence electrons. The van der Waals surface area contributed by atoms with Crippen LogP contribution in [0.4, 0.5) is 0 Å². The van der Waals surface area contributed by atoms with Crippen LogP contribution in [0.1, 0.15) is 29.5 Å². The number of ether oxygens (including phenoxy) is 1. The largest absolute Gasteiger partial charge is 0.378 e. The van der Waals surface area contributed by atoms with E-state index in [1.54, 1.807) is 0 Å². The minimum absolute atomic E-state index is 0.141. The number of aliphatic imine (C=N–C) groups is 1. The molecule has 6 nitrogen and oxygen atoms in total. The number of hydrogen-bond donors (Lipinski definition) is 1. The monoisotopic (exact) mass is 386 g/mol. The molecule has 3 rings (SSSR count). The van der Waals surface area contributed by atoms with Crippen LogP contribution in [0, 0.1) is 19.8 Å². The zero-order valence-corrected chi connectivity index (χ0v) is 17.5. The van der Waals surface area contributed by atoms with Crippen LogP contribution >= 0.6 is 0 Å². The molecule has 0 spiro atoms. The van der Waals surface area contributed by atoms with E-state index in [-0.39, 0.29) is 5.92 Å². The second-order valence-electron chi connectivity index (χ2n) is 7.92. The Hall–Kier alpha value is -2.08. The van der Waals surface area contributed by atoms with E-state index in [1.165, 1.54) is 16.7 Å². The van der Waals surface area contributed by atoms with Gasteiger partial charge in [-0.2, -0.15) is 0 Å². The van der Waals surface area contributed by atoms with Gasteiger partial charge >= 0.3 is 0 Å². The summed E-state index contributed by atoms with van der Waals surface area (Å²) in [5.41, 5.74) is 3.98. The van der Waals surface area contributed by atoms with E-state index in [0.29, 0.717) is 19.1 Å². The maximum absolute atomic E-state index is 12.7. The molecule has 2 aliphatic heterocycles. The van der Waals surface area contributed by atoms with Crippen LogP contribution in [0.5, 0.6) is 0 Å². The summed E-state index contributed by atoms with van der Waals surface area (Å²) in [6.45, 7) is 9.72. The first-order chi connectivity index (χ1) is 13.6. The highest BCUT2D eigenvalue weighted by molar-refractivity contribution is 5.81. The lowest BCUT2D eigenvalue weighted by Gasteiger charge is -2.36. The van der Waals surface area contributed by atoms with Crippen LogP contribution in [-0.4, -0.2) is 74.7 Å². The van der Waals surface area contributed by atoms with Crippen molar-refractivity contribution < 1.29 is 9.53 Å². The molecule has 1 amide bonds. The minimum Gasteiger partial charge on any atom is -0.378 e. The van der Waals surface area contributed by atoms with Gasteiger partial charge < -0.3 is 19.9 Å². The van der Waals surface area contributed by atoms with Gasteiger partial charge in [-0.3, -0.25) is 9.79 Å². The molecule has 2 heterocycles. The van der Waals surface area contributed by atoms with E-state index in [1.807, 2.05) is 11.9 Å². The molecule has 0 aromatic heterocycles. The SMILES string of the molecule is CN=C(NCCc1cc(C)cc(C)c1)N1CCC(C(=O)N2CCOCC2)CC1. The Balaban J connectivity index is 1.45. The molecule has 0 radical (unpaired) electrons. The van der Waals surface area contributed by atoms with Gasteiger partial charge in [-0.05, 0) is 38.7 Å². The lowest BCUT2D eigenvalue weighted by atomic mass is 9.95. The highest BCUT2D eigenvalue weighted by atomic mass is 16.5. The number of morpholine rings is 1. The van der Waals surface area contributed by atoms with Crippen LogP contribution in [0.2, 0.25) is 0 Å². The number of carbonyl (C=O) groups is 1. The Morgan fingerprint density at radius 2 is 1.71 bits per heavy atom. The summed E-state index contributed by atoms with van der Waals surface area (Å²) < 4.78 is 5.36. The first-order valence-corrected chi connectivity index (χ1v) is 10.5. The van der Waals surface area contributed by atoms with E-state index >= 15 is 0 Å². The van der Waals surface area contributed by atoms with Gasteiger partial charge in [0.25, 0.3) is 0 Å². The van der Waals surface area contributed by atoms with Crippen molar-refractivity contribution in [1.82, 2.24) is 15.1 Å². The first kappa shape index (κ1) is 20.6. The highest BCUT2D eigenvalue weighted by Crippen LogP contribution is 2.20. The van der Waals surface area contributed by atoms with E-state index < -0.39 is 0 Å². The normalized spacial score (nSPS) is 19.0. The molecule has 1 aromatic rings. The summed E-state index contributed by atoms with van der Waals surface area (Å²) in [4.78, 5) is 21.4. The molecule has 0 aliphatic carbocycles. The average Bonchev–Trinajstić information content (AvgIpc) is 2.71. The van der Waals surface area contributed by atoms with Gasteiger partial charge in [0.15, 0.2) is 5.96 Å². The van der Waals surface area contributed by atoms with Gasteiger partial charge in [0.05, 0.1) is 13.2 Å². The van der Waals surface area contributed by atoms with Crippen LogP contribution in [-0.2, 0) is 16.0 Å². The smallest absolute Gasteiger partial charge is 0.225 e. The van der Waals surface area contributed by atoms with Crippen LogP contribution < -0.4 is 5.32 Å². The van der Waals surface area contributed by atoms with Crippen LogP contribution in [0.25, 0.3) is 0 Å². The zero-order chi connectivity index (χ0) is 19.9. The fourth-order valence-electron chi connectivity index (χ4n) is 4.24. The average molecular weight is 387 g/mol. The number of likely N-dealkylation sites (tertiary alicyclic amines) is 1. The maximum atomic E-state index is 12.7. The predicted octanol–water partition coefficient (Wildman–Crippen LogP) is 1.99. The fourth-order valence-corrected chi connectivity index (χ4v) is 4.24. The van der Waals surface area contributed by atoms with Crippen molar-refractivity contribution in [3.63, 3.8) is 0 Å². The molecule has 0 unspecified atom stereocenters. The second kappa shape index (κ2) is 9.92. The van der Waals surface area contributed by atoms with Gasteiger partial charge in [0.1, 0.15) is 0 Å². The highest BCUT2D eigenvalue weighted by Gasteiger charge is 2.30. The Bertz CT molecular complexity index is 670. The number of piperidine rings is 1. The predicted molar refractivity (Wildman–Crippen MR) is 113 cm³/mol. The summed E-state index contributed by atoms with van der Waals surface area (Å²) in [5.74, 6) is 1.39. The standard InChI is InChI=1S/C22H34N4O2/c1-17-14-18(2)16-19(15-17)4-7-24-22(23-3)26-8-5-20(6-9-26)21(27)25-10-12-28-13-11-25/h14-16,20H,4-13H2,1-3H3,(H,23,24). The van der Waals surface area contributed by atoms with Gasteiger partial charge in [-0.25, -0.2) is 0 Å². The number of nitrogens with one attached hydrogen (secondary N) is 1. The van der Waals surface area contributed by atoms with E-state index in [0.717, 1.165) is 57.9 Å². The van der Waals surface area contributed by atoms with Gasteiger partial charge in [-0.1, -0.05) is 29.3 Å². The van der Waals surface area contributed by atoms with Crippen molar-refractivity contribution in [2.75, 3.05) is 53.0 Å². The minimum atomic E-state index is 0.141. The van der Waals surface area contributed by atoms with E-state index in [2.05, 4.69) is 47.3 Å². The van der Waals surface area contributed by atoms with Crippen molar-refractivity contribution in [1.29, 1.82) is 0 Å². The topological polar surface area (TPSA) is 57.2 Å². The number of rotatable bonds is 4. The maximum Gasteiger partial charge on any atom is 0.225 e. The molecule has 2 saturated heterocycles. The first-order valence-electron chi connectivity index (χ1n) is 10.5. The third kappa shape index (κ3) is 5.47. The number of aryl methyl sites for hydroxylation is 2. The third-order valence-electron chi connectivity index (χ3n) is 5.66. The summed E-state index contributed by atoms with van der Waals surface area (Å²) in [7, 11) is 1.84. The van der Waals surface area contributed by atoms with E-state index in [9.17, 15) is 4.79 Å². The van der Waals surface area contributed by atoms with Crippen molar-refractivity contribution >= 4 is 11.9 Å². The van der Waals surface area contributed by atoms with E-state index in [4.69, 9.17) is 4.74 Å². The molecular weight excluding hydrogens is 352 g/mol. The summed E-state index contributed by atoms with van der Waals surface area (Å²) >= 11 is 0. The molecule has 2 aliphatic rings. The van der Waals surface area contributed by atoms with Crippen molar-refractivity contribution in [3.05, 3.63) is 34.9 Å². The summed E-state index contributed by atoms with van der Waals surface area (Å²) in [5, 5.41) is 3.50. The third-order valence-corrected chi connectivity index (χ3v) is 5.66. The zero-order valence-electron chi connectivity index (χ0n) is 17.5. The summed E-state index contributed by atoms with van der Waals surface area (Å²) in [6.07, 6.45) is 2.77. The molecule has 0 bridgehead atoms. The number of benzene rings is 1. The van der Waals surface area contributed by atoms with Crippen LogP contribution in [0.15, 0.2) is 23.2 Å². The Labute approximate surface area is 168 Å². The van der Waals surface area contributed by atoms with Gasteiger partial charge in [0.2, 0.25) is 5.91 Å². The van der Waals surface area contributed by atoms with Gasteiger partial charge in [0, 0.05) is 45.7 Å². The Morgan fingerprint density at radius 1 is 1.07 bits per heavy atom. The number of nitrogens with zero attached hydrogens (tertiary/aromatic N) is 3.